The van der Waals surface area contributed by atoms with Crippen molar-refractivity contribution in [2.45, 2.75) is 33.2 Å². The van der Waals surface area contributed by atoms with Gasteiger partial charge in [-0.25, -0.2) is 0 Å². The van der Waals surface area contributed by atoms with Crippen molar-refractivity contribution in [2.75, 3.05) is 14.2 Å². The molecule has 6 heteroatoms. The average Bonchev–Trinajstić information content (AvgIpc) is 2.59. The molecule has 0 aliphatic carbocycles. The average molecular weight is 335 g/mol. The zero-order chi connectivity index (χ0) is 18.3. The third kappa shape index (κ3) is 4.34. The van der Waals surface area contributed by atoms with Crippen molar-refractivity contribution in [1.82, 2.24) is 5.32 Å². The van der Waals surface area contributed by atoms with E-state index in [1.165, 1.54) is 21.1 Å². The first-order chi connectivity index (χ1) is 11.3. The number of ether oxygens (including phenoxy) is 2. The highest BCUT2D eigenvalue weighted by molar-refractivity contribution is 6.00. The zero-order valence-electron chi connectivity index (χ0n) is 14.8. The van der Waals surface area contributed by atoms with Crippen LogP contribution in [0.15, 0.2) is 30.3 Å². The Labute approximate surface area is 142 Å². The highest BCUT2D eigenvalue weighted by atomic mass is 16.5. The molecule has 0 fully saturated rings. The summed E-state index contributed by atoms with van der Waals surface area (Å²) < 4.78 is 9.44. The van der Waals surface area contributed by atoms with E-state index in [4.69, 9.17) is 9.47 Å². The molecule has 1 N–H and O–H groups in total. The van der Waals surface area contributed by atoms with Crippen LogP contribution in [0.25, 0.3) is 0 Å². The molecule has 0 bridgehead atoms. The number of hydrogen-bond acceptors (Lipinski definition) is 5. The molecule has 132 valence electrons. The minimum absolute atomic E-state index is 0.00211. The van der Waals surface area contributed by atoms with Crippen molar-refractivity contribution >= 4 is 17.8 Å². The maximum absolute atomic E-state index is 12.3. The normalized spacial score (nSPS) is 13.5. The number of nitrogens with one attached hydrogen (secondary N) is 1. The molecule has 24 heavy (non-hydrogen) atoms. The number of amides is 1. The molecule has 0 unspecified atom stereocenters. The first kappa shape index (κ1) is 19.7. The molecular formula is C18H25NO5. The Balaban J connectivity index is 2.80. The first-order valence-corrected chi connectivity index (χ1v) is 7.78. The number of carbonyl (C=O) groups is 3. The highest BCUT2D eigenvalue weighted by Gasteiger charge is 2.49. The number of rotatable bonds is 7. The summed E-state index contributed by atoms with van der Waals surface area (Å²) in [6.45, 7) is 4.96. The van der Waals surface area contributed by atoms with Gasteiger partial charge in [-0.1, -0.05) is 37.3 Å². The summed E-state index contributed by atoms with van der Waals surface area (Å²) in [5.74, 6) is -2.27. The van der Waals surface area contributed by atoms with Gasteiger partial charge in [-0.15, -0.1) is 0 Å². The largest absolute Gasteiger partial charge is 0.468 e. The SMILES string of the molecule is COC(=O)C(C)(C(=O)OC)[C@@H](C)CC(=O)N[C@@H](C)c1ccccc1. The van der Waals surface area contributed by atoms with Crippen LogP contribution in [0.2, 0.25) is 0 Å². The molecular weight excluding hydrogens is 310 g/mol. The molecule has 1 rings (SSSR count). The van der Waals surface area contributed by atoms with Crippen molar-refractivity contribution in [3.63, 3.8) is 0 Å². The Kier molecular flexibility index (Phi) is 6.95. The predicted molar refractivity (Wildman–Crippen MR) is 88.9 cm³/mol. The molecule has 1 aromatic rings. The van der Waals surface area contributed by atoms with E-state index in [1.807, 2.05) is 37.3 Å². The molecule has 0 heterocycles. The maximum Gasteiger partial charge on any atom is 0.323 e. The Morgan fingerprint density at radius 1 is 1.04 bits per heavy atom. The summed E-state index contributed by atoms with van der Waals surface area (Å²) in [5.41, 5.74) is -0.557. The molecule has 0 radical (unpaired) electrons. The fourth-order valence-electron chi connectivity index (χ4n) is 2.52. The van der Waals surface area contributed by atoms with Gasteiger partial charge in [0.15, 0.2) is 5.41 Å². The summed E-state index contributed by atoms with van der Waals surface area (Å²) in [7, 11) is 2.40. The lowest BCUT2D eigenvalue weighted by molar-refractivity contribution is -0.172. The molecule has 6 nitrogen and oxygen atoms in total. The van der Waals surface area contributed by atoms with Gasteiger partial charge in [0.05, 0.1) is 20.3 Å². The van der Waals surface area contributed by atoms with Crippen LogP contribution in [0.4, 0.5) is 0 Å². The van der Waals surface area contributed by atoms with Gasteiger partial charge in [0.25, 0.3) is 0 Å². The topological polar surface area (TPSA) is 81.7 Å². The fraction of sp³-hybridized carbons (Fsp3) is 0.500. The number of methoxy groups -OCH3 is 2. The van der Waals surface area contributed by atoms with Crippen LogP contribution in [0.1, 0.15) is 38.8 Å². The smallest absolute Gasteiger partial charge is 0.323 e. The van der Waals surface area contributed by atoms with Gasteiger partial charge in [0.1, 0.15) is 0 Å². The van der Waals surface area contributed by atoms with E-state index < -0.39 is 23.3 Å². The van der Waals surface area contributed by atoms with Crippen LogP contribution in [-0.2, 0) is 23.9 Å². The van der Waals surface area contributed by atoms with Gasteiger partial charge >= 0.3 is 11.9 Å². The maximum atomic E-state index is 12.3. The lowest BCUT2D eigenvalue weighted by atomic mass is 9.76. The summed E-state index contributed by atoms with van der Waals surface area (Å²) >= 11 is 0. The first-order valence-electron chi connectivity index (χ1n) is 7.78. The van der Waals surface area contributed by atoms with Crippen molar-refractivity contribution < 1.29 is 23.9 Å². The minimum Gasteiger partial charge on any atom is -0.468 e. The minimum atomic E-state index is -1.53. The summed E-state index contributed by atoms with van der Waals surface area (Å²) in [5, 5.41) is 2.87. The van der Waals surface area contributed by atoms with Crippen molar-refractivity contribution in [2.24, 2.45) is 11.3 Å². The standard InChI is InChI=1S/C18H25NO5/c1-12(18(3,16(21)23-4)17(22)24-5)11-15(20)19-13(2)14-9-7-6-8-10-14/h6-10,12-13H,11H2,1-5H3,(H,19,20)/t12-,13-/m0/s1. The predicted octanol–water partition coefficient (Wildman–Crippen LogP) is 2.24. The van der Waals surface area contributed by atoms with E-state index in [9.17, 15) is 14.4 Å². The third-order valence-corrected chi connectivity index (χ3v) is 4.37. The molecule has 0 aliphatic rings. The zero-order valence-corrected chi connectivity index (χ0v) is 14.8. The van der Waals surface area contributed by atoms with Gasteiger partial charge < -0.3 is 14.8 Å². The Bertz CT molecular complexity index is 568. The van der Waals surface area contributed by atoms with Gasteiger partial charge in [0.2, 0.25) is 5.91 Å². The quantitative estimate of drug-likeness (QED) is 0.610. The molecule has 0 aromatic heterocycles. The van der Waals surface area contributed by atoms with Gasteiger partial charge in [-0.2, -0.15) is 0 Å². The molecule has 0 saturated heterocycles. The second-order valence-electron chi connectivity index (χ2n) is 5.99. The molecule has 2 atom stereocenters. The fourth-order valence-corrected chi connectivity index (χ4v) is 2.52. The number of carbonyl (C=O) groups excluding carboxylic acids is 3. The number of esters is 2. The lowest BCUT2D eigenvalue weighted by Crippen LogP contribution is -2.45. The van der Waals surface area contributed by atoms with E-state index in [-0.39, 0.29) is 18.4 Å². The van der Waals surface area contributed by atoms with Crippen molar-refractivity contribution in [3.05, 3.63) is 35.9 Å². The van der Waals surface area contributed by atoms with Crippen LogP contribution >= 0.6 is 0 Å². The van der Waals surface area contributed by atoms with Crippen molar-refractivity contribution in [3.8, 4) is 0 Å². The van der Waals surface area contributed by atoms with Crippen LogP contribution in [0, 0.1) is 11.3 Å². The number of benzene rings is 1. The molecule has 0 spiro atoms. The summed E-state index contributed by atoms with van der Waals surface area (Å²) in [6.07, 6.45) is -0.00211. The van der Waals surface area contributed by atoms with Gasteiger partial charge in [-0.05, 0) is 25.3 Å². The van der Waals surface area contributed by atoms with Gasteiger partial charge in [-0.3, -0.25) is 14.4 Å². The lowest BCUT2D eigenvalue weighted by Gasteiger charge is -2.30. The molecule has 0 aliphatic heterocycles. The van der Waals surface area contributed by atoms with E-state index in [0.717, 1.165) is 5.56 Å². The van der Waals surface area contributed by atoms with Gasteiger partial charge in [0, 0.05) is 6.42 Å². The molecule has 1 aromatic carbocycles. The van der Waals surface area contributed by atoms with Crippen LogP contribution < -0.4 is 5.32 Å². The second-order valence-corrected chi connectivity index (χ2v) is 5.99. The molecule has 0 saturated carbocycles. The highest BCUT2D eigenvalue weighted by Crippen LogP contribution is 2.33. The van der Waals surface area contributed by atoms with Crippen molar-refractivity contribution in [1.29, 1.82) is 0 Å². The number of hydrogen-bond donors (Lipinski definition) is 1. The van der Waals surface area contributed by atoms with Crippen LogP contribution in [-0.4, -0.2) is 32.1 Å². The Morgan fingerprint density at radius 3 is 2.00 bits per heavy atom. The van der Waals surface area contributed by atoms with E-state index in [2.05, 4.69) is 5.32 Å². The second kappa shape index (κ2) is 8.47. The summed E-state index contributed by atoms with van der Waals surface area (Å²) in [4.78, 5) is 36.4. The van der Waals surface area contributed by atoms with E-state index >= 15 is 0 Å². The Hall–Kier alpha value is -2.37. The van der Waals surface area contributed by atoms with E-state index in [0.29, 0.717) is 0 Å². The Morgan fingerprint density at radius 2 is 1.54 bits per heavy atom. The third-order valence-electron chi connectivity index (χ3n) is 4.37. The van der Waals surface area contributed by atoms with E-state index in [1.54, 1.807) is 6.92 Å². The molecule has 1 amide bonds. The van der Waals surface area contributed by atoms with Crippen LogP contribution in [0.3, 0.4) is 0 Å². The van der Waals surface area contributed by atoms with Crippen LogP contribution in [0.5, 0.6) is 0 Å². The monoisotopic (exact) mass is 335 g/mol. The summed E-state index contributed by atoms with van der Waals surface area (Å²) in [6, 6.07) is 9.35.